The van der Waals surface area contributed by atoms with Crippen molar-refractivity contribution in [2.75, 3.05) is 0 Å². The van der Waals surface area contributed by atoms with Gasteiger partial charge < -0.3 is 5.11 Å². The first-order valence-corrected chi connectivity index (χ1v) is 6.86. The van der Waals surface area contributed by atoms with E-state index in [1.807, 2.05) is 34.9 Å². The van der Waals surface area contributed by atoms with Crippen molar-refractivity contribution in [3.63, 3.8) is 0 Å². The summed E-state index contributed by atoms with van der Waals surface area (Å²) in [6, 6.07) is 10.0. The zero-order chi connectivity index (χ0) is 13.3. The van der Waals surface area contributed by atoms with Crippen molar-refractivity contribution in [2.45, 2.75) is 44.6 Å². The number of hydrogen-bond donors (Lipinski definition) is 1. The van der Waals surface area contributed by atoms with Crippen LogP contribution in [0.15, 0.2) is 30.3 Å². The Morgan fingerprint density at radius 2 is 1.84 bits per heavy atom. The summed E-state index contributed by atoms with van der Waals surface area (Å²) >= 11 is 0. The Bertz CT molecular complexity index is 556. The number of aliphatic hydroxyl groups is 1. The van der Waals surface area contributed by atoms with Crippen LogP contribution in [0.4, 0.5) is 0 Å². The van der Waals surface area contributed by atoms with Crippen molar-refractivity contribution < 1.29 is 5.11 Å². The Morgan fingerprint density at radius 3 is 2.47 bits per heavy atom. The number of aromatic nitrogens is 3. The maximum Gasteiger partial charge on any atom is 0.163 e. The minimum Gasteiger partial charge on any atom is -0.388 e. The lowest BCUT2D eigenvalue weighted by Crippen LogP contribution is -2.23. The average Bonchev–Trinajstić information content (AvgIpc) is 3.06. The fourth-order valence-electron chi connectivity index (χ4n) is 3.04. The van der Waals surface area contributed by atoms with Crippen LogP contribution in [-0.2, 0) is 12.0 Å². The van der Waals surface area contributed by atoms with E-state index in [9.17, 15) is 5.11 Å². The maximum atomic E-state index is 9.50. The molecule has 2 aromatic rings. The summed E-state index contributed by atoms with van der Waals surface area (Å²) in [7, 11) is 0. The molecule has 0 unspecified atom stereocenters. The molecule has 0 radical (unpaired) electrons. The van der Waals surface area contributed by atoms with Gasteiger partial charge in [0.15, 0.2) is 5.82 Å². The van der Waals surface area contributed by atoms with Gasteiger partial charge in [-0.25, -0.2) is 0 Å². The van der Waals surface area contributed by atoms with Gasteiger partial charge in [0.05, 0.1) is 0 Å². The van der Waals surface area contributed by atoms with Gasteiger partial charge in [-0.15, -0.1) is 10.2 Å². The minimum absolute atomic E-state index is 0.0796. The second-order valence-electron chi connectivity index (χ2n) is 5.54. The van der Waals surface area contributed by atoms with Gasteiger partial charge in [0.2, 0.25) is 0 Å². The Labute approximate surface area is 113 Å². The van der Waals surface area contributed by atoms with Crippen LogP contribution in [0.1, 0.15) is 44.3 Å². The molecule has 1 aliphatic carbocycles. The second-order valence-corrected chi connectivity index (χ2v) is 5.54. The van der Waals surface area contributed by atoms with Crippen molar-refractivity contribution in [1.29, 1.82) is 0 Å². The maximum absolute atomic E-state index is 9.50. The molecule has 0 spiro atoms. The lowest BCUT2D eigenvalue weighted by Gasteiger charge is -2.23. The smallest absolute Gasteiger partial charge is 0.163 e. The Balaban J connectivity index is 2.14. The van der Waals surface area contributed by atoms with Crippen LogP contribution in [0.25, 0.3) is 5.69 Å². The molecular formula is C15H19N3O. The molecule has 19 heavy (non-hydrogen) atoms. The van der Waals surface area contributed by atoms with Gasteiger partial charge >= 0.3 is 0 Å². The largest absolute Gasteiger partial charge is 0.388 e. The van der Waals surface area contributed by atoms with Crippen LogP contribution in [0.2, 0.25) is 0 Å². The number of nitrogens with zero attached hydrogens (tertiary/aromatic N) is 3. The number of benzene rings is 1. The molecule has 1 aliphatic rings. The molecule has 100 valence electrons. The fourth-order valence-corrected chi connectivity index (χ4v) is 3.04. The molecule has 0 amide bonds. The highest BCUT2D eigenvalue weighted by molar-refractivity contribution is 5.35. The highest BCUT2D eigenvalue weighted by atomic mass is 16.3. The zero-order valence-corrected chi connectivity index (χ0v) is 11.2. The molecule has 0 bridgehead atoms. The van der Waals surface area contributed by atoms with Gasteiger partial charge in [-0.05, 0) is 25.0 Å². The van der Waals surface area contributed by atoms with E-state index < -0.39 is 0 Å². The molecule has 1 aromatic heterocycles. The topological polar surface area (TPSA) is 50.9 Å². The quantitative estimate of drug-likeness (QED) is 0.919. The number of aliphatic hydroxyl groups excluding tert-OH is 1. The Kier molecular flexibility index (Phi) is 3.11. The second kappa shape index (κ2) is 4.78. The van der Waals surface area contributed by atoms with Crippen LogP contribution in [0.3, 0.4) is 0 Å². The third-order valence-electron chi connectivity index (χ3n) is 4.13. The van der Waals surface area contributed by atoms with E-state index in [4.69, 9.17) is 0 Å². The fraction of sp³-hybridized carbons (Fsp3) is 0.467. The van der Waals surface area contributed by atoms with Gasteiger partial charge in [-0.2, -0.15) is 0 Å². The van der Waals surface area contributed by atoms with E-state index in [-0.39, 0.29) is 12.0 Å². The van der Waals surface area contributed by atoms with Crippen LogP contribution >= 0.6 is 0 Å². The molecule has 0 aliphatic heterocycles. The molecule has 4 nitrogen and oxygen atoms in total. The minimum atomic E-state index is -0.0853. The van der Waals surface area contributed by atoms with Crippen molar-refractivity contribution in [3.05, 3.63) is 42.0 Å². The summed E-state index contributed by atoms with van der Waals surface area (Å²) < 4.78 is 2.02. The summed E-state index contributed by atoms with van der Waals surface area (Å²) in [6.45, 7) is 2.17. The predicted molar refractivity (Wildman–Crippen MR) is 73.1 cm³/mol. The van der Waals surface area contributed by atoms with Crippen molar-refractivity contribution in [2.24, 2.45) is 0 Å². The molecule has 1 saturated carbocycles. The monoisotopic (exact) mass is 257 g/mol. The SMILES string of the molecule is CC1(c2nnc(CO)n2-c2ccccc2)CCCC1. The van der Waals surface area contributed by atoms with Crippen LogP contribution in [0, 0.1) is 0 Å². The number of para-hydroxylation sites is 1. The Hall–Kier alpha value is -1.68. The lowest BCUT2D eigenvalue weighted by molar-refractivity contribution is 0.268. The molecule has 1 heterocycles. The molecule has 1 N–H and O–H groups in total. The van der Waals surface area contributed by atoms with Gasteiger partial charge in [0.25, 0.3) is 0 Å². The standard InChI is InChI=1S/C15H19N3O/c1-15(9-5-6-10-15)14-17-16-13(11-19)18(14)12-7-3-2-4-8-12/h2-4,7-8,19H,5-6,9-11H2,1H3. The zero-order valence-electron chi connectivity index (χ0n) is 11.2. The molecule has 4 heteroatoms. The first kappa shape index (κ1) is 12.4. The molecule has 1 fully saturated rings. The van der Waals surface area contributed by atoms with Crippen molar-refractivity contribution in [1.82, 2.24) is 14.8 Å². The van der Waals surface area contributed by atoms with Crippen LogP contribution in [0.5, 0.6) is 0 Å². The van der Waals surface area contributed by atoms with E-state index in [1.165, 1.54) is 12.8 Å². The summed E-state index contributed by atoms with van der Waals surface area (Å²) in [5.41, 5.74) is 1.11. The summed E-state index contributed by atoms with van der Waals surface area (Å²) in [5, 5.41) is 18.0. The van der Waals surface area contributed by atoms with E-state index >= 15 is 0 Å². The van der Waals surface area contributed by atoms with Gasteiger partial charge in [-0.3, -0.25) is 4.57 Å². The van der Waals surface area contributed by atoms with E-state index in [2.05, 4.69) is 17.1 Å². The molecule has 3 rings (SSSR count). The van der Waals surface area contributed by atoms with Crippen molar-refractivity contribution >= 4 is 0 Å². The number of rotatable bonds is 3. The first-order valence-electron chi connectivity index (χ1n) is 6.86. The van der Waals surface area contributed by atoms with E-state index in [1.54, 1.807) is 0 Å². The Morgan fingerprint density at radius 1 is 1.16 bits per heavy atom. The van der Waals surface area contributed by atoms with Gasteiger partial charge in [0, 0.05) is 11.1 Å². The molecule has 1 aromatic carbocycles. The third kappa shape index (κ3) is 2.06. The molecule has 0 saturated heterocycles. The number of hydrogen-bond acceptors (Lipinski definition) is 3. The predicted octanol–water partition coefficient (Wildman–Crippen LogP) is 2.59. The van der Waals surface area contributed by atoms with Crippen molar-refractivity contribution in [3.8, 4) is 5.69 Å². The molecule has 0 atom stereocenters. The van der Waals surface area contributed by atoms with Gasteiger partial charge in [-0.1, -0.05) is 38.0 Å². The highest BCUT2D eigenvalue weighted by Crippen LogP contribution is 2.40. The summed E-state index contributed by atoms with van der Waals surface area (Å²) in [5.74, 6) is 1.61. The van der Waals surface area contributed by atoms with E-state index in [0.717, 1.165) is 24.4 Å². The normalized spacial score (nSPS) is 17.8. The molecular weight excluding hydrogens is 238 g/mol. The lowest BCUT2D eigenvalue weighted by atomic mass is 9.87. The third-order valence-corrected chi connectivity index (χ3v) is 4.13. The van der Waals surface area contributed by atoms with Crippen LogP contribution < -0.4 is 0 Å². The highest BCUT2D eigenvalue weighted by Gasteiger charge is 2.36. The average molecular weight is 257 g/mol. The summed E-state index contributed by atoms with van der Waals surface area (Å²) in [6.07, 6.45) is 4.77. The van der Waals surface area contributed by atoms with Crippen LogP contribution in [-0.4, -0.2) is 19.9 Å². The van der Waals surface area contributed by atoms with E-state index in [0.29, 0.717) is 5.82 Å². The summed E-state index contributed by atoms with van der Waals surface area (Å²) in [4.78, 5) is 0. The first-order chi connectivity index (χ1) is 9.24. The van der Waals surface area contributed by atoms with Gasteiger partial charge in [0.1, 0.15) is 12.4 Å².